The van der Waals surface area contributed by atoms with Gasteiger partial charge in [0.2, 0.25) is 0 Å². The number of hydrogen-bond acceptors (Lipinski definition) is 3. The van der Waals surface area contributed by atoms with Gasteiger partial charge in [-0.1, -0.05) is 25.4 Å². The van der Waals surface area contributed by atoms with E-state index < -0.39 is 0 Å². The SMILES string of the molecule is CC(=O)O[C@H]1CC[C@H]2[C@H]3CCC4=C(Cl)C(=O)CC[C@]4(C)[C@@H]3CC[C@]12C. The van der Waals surface area contributed by atoms with Crippen molar-refractivity contribution in [1.29, 1.82) is 0 Å². The molecule has 0 amide bonds. The zero-order chi connectivity index (χ0) is 18.0. The van der Waals surface area contributed by atoms with Gasteiger partial charge in [-0.2, -0.15) is 0 Å². The maximum atomic E-state index is 12.1. The number of halogens is 1. The largest absolute Gasteiger partial charge is 0.462 e. The van der Waals surface area contributed by atoms with Crippen molar-refractivity contribution in [3.8, 4) is 0 Å². The van der Waals surface area contributed by atoms with Crippen molar-refractivity contribution < 1.29 is 14.3 Å². The van der Waals surface area contributed by atoms with Gasteiger partial charge in [0.15, 0.2) is 5.78 Å². The van der Waals surface area contributed by atoms with Crippen LogP contribution in [-0.4, -0.2) is 17.9 Å². The van der Waals surface area contributed by atoms with Crippen LogP contribution in [0.1, 0.15) is 72.1 Å². The van der Waals surface area contributed by atoms with Crippen LogP contribution in [0.25, 0.3) is 0 Å². The van der Waals surface area contributed by atoms with Gasteiger partial charge in [0.05, 0.1) is 5.03 Å². The Hall–Kier alpha value is -0.830. The van der Waals surface area contributed by atoms with Crippen molar-refractivity contribution in [3.05, 3.63) is 10.6 Å². The fraction of sp³-hybridized carbons (Fsp3) is 0.810. The van der Waals surface area contributed by atoms with Crippen LogP contribution in [0.3, 0.4) is 0 Å². The molecule has 4 heteroatoms. The van der Waals surface area contributed by atoms with E-state index >= 15 is 0 Å². The molecule has 4 aliphatic carbocycles. The second-order valence-corrected chi connectivity index (χ2v) is 9.65. The third-order valence-corrected chi connectivity index (χ3v) is 8.71. The molecule has 0 radical (unpaired) electrons. The lowest BCUT2D eigenvalue weighted by Crippen LogP contribution is -2.52. The van der Waals surface area contributed by atoms with Crippen molar-refractivity contribution >= 4 is 23.4 Å². The first kappa shape index (κ1) is 17.6. The lowest BCUT2D eigenvalue weighted by molar-refractivity contribution is -0.157. The average Bonchev–Trinajstić information content (AvgIpc) is 2.88. The molecular weight excluding hydrogens is 336 g/mol. The minimum absolute atomic E-state index is 0.0808. The standard InChI is InChI=1S/C21H29ClO3/c1-12(23)25-18-7-6-14-13-4-5-16-19(22)17(24)9-11-20(16,2)15(13)8-10-21(14,18)3/h13-15,18H,4-11H2,1-3H3/t13-,14+,15-,18+,20-,21+/m1/s1. The number of carbonyl (C=O) groups is 2. The Morgan fingerprint density at radius 2 is 1.84 bits per heavy atom. The number of ether oxygens (including phenoxy) is 1. The molecule has 138 valence electrons. The summed E-state index contributed by atoms with van der Waals surface area (Å²) < 4.78 is 5.71. The summed E-state index contributed by atoms with van der Waals surface area (Å²) in [6, 6.07) is 0. The Morgan fingerprint density at radius 3 is 2.56 bits per heavy atom. The molecule has 0 aromatic rings. The van der Waals surface area contributed by atoms with Crippen molar-refractivity contribution in [1.82, 2.24) is 0 Å². The number of Topliss-reactive ketones (excluding diaryl/α,β-unsaturated/α-hetero) is 1. The fourth-order valence-electron chi connectivity index (χ4n) is 7.00. The van der Waals surface area contributed by atoms with E-state index in [0.717, 1.165) is 44.9 Å². The minimum Gasteiger partial charge on any atom is -0.462 e. The Balaban J connectivity index is 1.65. The molecule has 0 aliphatic heterocycles. The van der Waals surface area contributed by atoms with Crippen LogP contribution in [0, 0.1) is 28.6 Å². The van der Waals surface area contributed by atoms with E-state index in [9.17, 15) is 9.59 Å². The lowest BCUT2D eigenvalue weighted by atomic mass is 9.47. The molecule has 0 spiro atoms. The summed E-state index contributed by atoms with van der Waals surface area (Å²) in [6.07, 6.45) is 8.17. The molecule has 25 heavy (non-hydrogen) atoms. The van der Waals surface area contributed by atoms with E-state index in [-0.39, 0.29) is 28.7 Å². The second kappa shape index (κ2) is 5.84. The van der Waals surface area contributed by atoms with Gasteiger partial charge in [0.1, 0.15) is 6.10 Å². The van der Waals surface area contributed by atoms with Crippen LogP contribution in [0.4, 0.5) is 0 Å². The molecule has 4 rings (SSSR count). The molecule has 0 unspecified atom stereocenters. The van der Waals surface area contributed by atoms with Gasteiger partial charge in [0, 0.05) is 18.8 Å². The van der Waals surface area contributed by atoms with E-state index in [0.29, 0.717) is 29.2 Å². The van der Waals surface area contributed by atoms with Crippen LogP contribution < -0.4 is 0 Å². The van der Waals surface area contributed by atoms with Crippen LogP contribution in [-0.2, 0) is 14.3 Å². The van der Waals surface area contributed by atoms with Gasteiger partial charge >= 0.3 is 5.97 Å². The predicted molar refractivity (Wildman–Crippen MR) is 97.1 cm³/mol. The lowest BCUT2D eigenvalue weighted by Gasteiger charge is -2.58. The van der Waals surface area contributed by atoms with Crippen LogP contribution >= 0.6 is 11.6 Å². The van der Waals surface area contributed by atoms with Crippen molar-refractivity contribution in [2.75, 3.05) is 0 Å². The number of fused-ring (bicyclic) bond motifs is 5. The number of rotatable bonds is 1. The van der Waals surface area contributed by atoms with Crippen molar-refractivity contribution in [2.45, 2.75) is 78.2 Å². The Labute approximate surface area is 155 Å². The van der Waals surface area contributed by atoms with Gasteiger partial charge < -0.3 is 4.74 Å². The zero-order valence-corrected chi connectivity index (χ0v) is 16.3. The quantitative estimate of drug-likeness (QED) is 0.614. The number of allylic oxidation sites excluding steroid dienone is 1. The summed E-state index contributed by atoms with van der Waals surface area (Å²) >= 11 is 6.45. The molecule has 0 aromatic carbocycles. The number of ketones is 1. The van der Waals surface area contributed by atoms with Crippen molar-refractivity contribution in [3.63, 3.8) is 0 Å². The topological polar surface area (TPSA) is 43.4 Å². The molecule has 0 saturated heterocycles. The molecule has 0 bridgehead atoms. The molecule has 0 N–H and O–H groups in total. The van der Waals surface area contributed by atoms with E-state index in [4.69, 9.17) is 16.3 Å². The van der Waals surface area contributed by atoms with Crippen LogP contribution in [0.15, 0.2) is 10.6 Å². The number of carbonyl (C=O) groups excluding carboxylic acids is 2. The molecular formula is C21H29ClO3. The molecule has 0 heterocycles. The molecule has 3 saturated carbocycles. The highest BCUT2D eigenvalue weighted by Gasteiger charge is 2.60. The van der Waals surface area contributed by atoms with Gasteiger partial charge in [-0.05, 0) is 73.7 Å². The molecule has 6 atom stereocenters. The predicted octanol–water partition coefficient (Wildman–Crippen LogP) is 5.02. The number of esters is 1. The highest BCUT2D eigenvalue weighted by molar-refractivity contribution is 6.43. The normalized spacial score (nSPS) is 46.3. The first-order chi connectivity index (χ1) is 11.8. The first-order valence-corrected chi connectivity index (χ1v) is 10.2. The molecule has 3 fully saturated rings. The highest BCUT2D eigenvalue weighted by atomic mass is 35.5. The van der Waals surface area contributed by atoms with E-state index in [2.05, 4.69) is 13.8 Å². The summed E-state index contributed by atoms with van der Waals surface area (Å²) in [4.78, 5) is 23.6. The van der Waals surface area contributed by atoms with E-state index in [1.54, 1.807) is 0 Å². The second-order valence-electron chi connectivity index (χ2n) is 9.27. The average molecular weight is 365 g/mol. The zero-order valence-electron chi connectivity index (χ0n) is 15.6. The van der Waals surface area contributed by atoms with Gasteiger partial charge in [-0.25, -0.2) is 0 Å². The van der Waals surface area contributed by atoms with Gasteiger partial charge in [-0.3, -0.25) is 9.59 Å². The monoisotopic (exact) mass is 364 g/mol. The first-order valence-electron chi connectivity index (χ1n) is 9.87. The maximum absolute atomic E-state index is 12.1. The summed E-state index contributed by atoms with van der Waals surface area (Å²) in [6.45, 7) is 6.23. The molecule has 3 nitrogen and oxygen atoms in total. The van der Waals surface area contributed by atoms with E-state index in [1.165, 1.54) is 12.5 Å². The third-order valence-electron chi connectivity index (χ3n) is 8.27. The van der Waals surface area contributed by atoms with Crippen LogP contribution in [0.2, 0.25) is 0 Å². The fourth-order valence-corrected chi connectivity index (χ4v) is 7.40. The number of hydrogen-bond donors (Lipinski definition) is 0. The summed E-state index contributed by atoms with van der Waals surface area (Å²) in [5, 5.41) is 0.546. The molecule has 4 aliphatic rings. The Kier molecular flexibility index (Phi) is 4.10. The van der Waals surface area contributed by atoms with Crippen molar-refractivity contribution in [2.24, 2.45) is 28.6 Å². The van der Waals surface area contributed by atoms with Gasteiger partial charge in [-0.15, -0.1) is 0 Å². The molecule has 0 aromatic heterocycles. The Bertz CT molecular complexity index is 654. The smallest absolute Gasteiger partial charge is 0.302 e. The Morgan fingerprint density at radius 1 is 1.08 bits per heavy atom. The highest BCUT2D eigenvalue weighted by Crippen LogP contribution is 2.66. The summed E-state index contributed by atoms with van der Waals surface area (Å²) in [5.41, 5.74) is 1.46. The van der Waals surface area contributed by atoms with Gasteiger partial charge in [0.25, 0.3) is 0 Å². The maximum Gasteiger partial charge on any atom is 0.302 e. The summed E-state index contributed by atoms with van der Waals surface area (Å²) in [7, 11) is 0. The summed E-state index contributed by atoms with van der Waals surface area (Å²) in [5.74, 6) is 1.92. The minimum atomic E-state index is -0.146. The van der Waals surface area contributed by atoms with Crippen LogP contribution in [0.5, 0.6) is 0 Å². The van der Waals surface area contributed by atoms with E-state index in [1.807, 2.05) is 0 Å². The third kappa shape index (κ3) is 2.44.